The van der Waals surface area contributed by atoms with E-state index in [1.165, 1.54) is 19.3 Å². The number of aromatic nitrogens is 2. The van der Waals surface area contributed by atoms with E-state index in [0.717, 1.165) is 19.3 Å². The quantitative estimate of drug-likeness (QED) is 0.809. The van der Waals surface area contributed by atoms with Crippen LogP contribution in [0.5, 0.6) is 5.88 Å². The summed E-state index contributed by atoms with van der Waals surface area (Å²) in [7, 11) is 0. The zero-order chi connectivity index (χ0) is 16.9. The standard InChI is InChI=1S/C16H19ClFN3O3/c17-13-12(18)14(20-15(23)19-13)24-7-11(22)21-16-4-8-1-9(5-16)3-10(2-8)6-16/h8-10H,1-7H2,(H,21,22)(H,19,20,23). The van der Waals surface area contributed by atoms with Crippen LogP contribution in [-0.2, 0) is 4.79 Å². The Balaban J connectivity index is 1.40. The van der Waals surface area contributed by atoms with Crippen molar-refractivity contribution in [2.75, 3.05) is 6.61 Å². The topological polar surface area (TPSA) is 84.1 Å². The second-order valence-electron chi connectivity index (χ2n) is 7.51. The molecule has 5 rings (SSSR count). The molecule has 0 aromatic carbocycles. The van der Waals surface area contributed by atoms with Crippen molar-refractivity contribution in [3.05, 3.63) is 21.5 Å². The zero-order valence-corrected chi connectivity index (χ0v) is 13.9. The third kappa shape index (κ3) is 2.90. The Labute approximate surface area is 143 Å². The molecule has 1 aromatic rings. The average Bonchev–Trinajstić information content (AvgIpc) is 2.47. The van der Waals surface area contributed by atoms with Gasteiger partial charge in [0.05, 0.1) is 0 Å². The molecule has 6 nitrogen and oxygen atoms in total. The van der Waals surface area contributed by atoms with Crippen molar-refractivity contribution in [3.63, 3.8) is 0 Å². The number of rotatable bonds is 4. The zero-order valence-electron chi connectivity index (χ0n) is 13.1. The molecule has 0 spiro atoms. The van der Waals surface area contributed by atoms with Gasteiger partial charge in [-0.2, -0.15) is 9.37 Å². The Morgan fingerprint density at radius 2 is 1.88 bits per heavy atom. The van der Waals surface area contributed by atoms with Gasteiger partial charge in [-0.3, -0.25) is 9.78 Å². The highest BCUT2D eigenvalue weighted by Gasteiger charge is 2.51. The van der Waals surface area contributed by atoms with Crippen molar-refractivity contribution in [3.8, 4) is 5.88 Å². The first kappa shape index (κ1) is 15.9. The fourth-order valence-corrected chi connectivity index (χ4v) is 5.40. The lowest BCUT2D eigenvalue weighted by molar-refractivity contribution is -0.129. The summed E-state index contributed by atoms with van der Waals surface area (Å²) < 4.78 is 18.8. The van der Waals surface area contributed by atoms with E-state index < -0.39 is 22.5 Å². The monoisotopic (exact) mass is 355 g/mol. The minimum absolute atomic E-state index is 0.132. The summed E-state index contributed by atoms with van der Waals surface area (Å²) in [6, 6.07) is 0. The van der Waals surface area contributed by atoms with Crippen LogP contribution in [0, 0.1) is 23.6 Å². The molecule has 0 atom stereocenters. The number of nitrogens with one attached hydrogen (secondary N) is 2. The second kappa shape index (κ2) is 5.72. The minimum atomic E-state index is -0.973. The Morgan fingerprint density at radius 3 is 2.46 bits per heavy atom. The van der Waals surface area contributed by atoms with Crippen LogP contribution in [-0.4, -0.2) is 28.0 Å². The number of ether oxygens (including phenoxy) is 1. The third-order valence-electron chi connectivity index (χ3n) is 5.58. The molecule has 0 saturated heterocycles. The normalized spacial score (nSPS) is 33.5. The van der Waals surface area contributed by atoms with Crippen LogP contribution >= 0.6 is 11.6 Å². The predicted octanol–water partition coefficient (Wildman–Crippen LogP) is 2.03. The molecule has 2 N–H and O–H groups in total. The van der Waals surface area contributed by atoms with Gasteiger partial charge >= 0.3 is 5.69 Å². The van der Waals surface area contributed by atoms with Gasteiger partial charge < -0.3 is 10.1 Å². The highest BCUT2D eigenvalue weighted by Crippen LogP contribution is 2.55. The van der Waals surface area contributed by atoms with Gasteiger partial charge in [0.2, 0.25) is 5.82 Å². The van der Waals surface area contributed by atoms with Gasteiger partial charge in [0, 0.05) is 5.54 Å². The van der Waals surface area contributed by atoms with Crippen LogP contribution in [0.2, 0.25) is 5.15 Å². The van der Waals surface area contributed by atoms with Gasteiger partial charge in [-0.1, -0.05) is 11.6 Å². The molecule has 1 amide bonds. The lowest BCUT2D eigenvalue weighted by Crippen LogP contribution is -2.60. The van der Waals surface area contributed by atoms with Crippen molar-refractivity contribution in [2.45, 2.75) is 44.1 Å². The number of aromatic amines is 1. The van der Waals surface area contributed by atoms with Crippen LogP contribution in [0.1, 0.15) is 38.5 Å². The summed E-state index contributed by atoms with van der Waals surface area (Å²) in [5.41, 5.74) is -0.953. The van der Waals surface area contributed by atoms with Crippen molar-refractivity contribution in [1.82, 2.24) is 15.3 Å². The number of H-pyrrole nitrogens is 1. The number of hydrogen-bond donors (Lipinski definition) is 2. The first-order valence-electron chi connectivity index (χ1n) is 8.31. The molecule has 4 aliphatic rings. The van der Waals surface area contributed by atoms with E-state index in [0.29, 0.717) is 17.8 Å². The van der Waals surface area contributed by atoms with Crippen LogP contribution < -0.4 is 15.7 Å². The van der Waals surface area contributed by atoms with Crippen LogP contribution in [0.15, 0.2) is 4.79 Å². The lowest BCUT2D eigenvalue weighted by atomic mass is 9.53. The molecule has 0 aliphatic heterocycles. The van der Waals surface area contributed by atoms with Crippen molar-refractivity contribution >= 4 is 17.5 Å². The smallest absolute Gasteiger partial charge is 0.349 e. The Bertz CT molecular complexity index is 700. The maximum atomic E-state index is 13.7. The maximum absolute atomic E-state index is 13.7. The average molecular weight is 356 g/mol. The van der Waals surface area contributed by atoms with Crippen LogP contribution in [0.25, 0.3) is 0 Å². The molecule has 1 heterocycles. The van der Waals surface area contributed by atoms with Gasteiger partial charge in [0.15, 0.2) is 11.8 Å². The van der Waals surface area contributed by atoms with E-state index in [9.17, 15) is 14.0 Å². The van der Waals surface area contributed by atoms with Crippen LogP contribution in [0.3, 0.4) is 0 Å². The fourth-order valence-electron chi connectivity index (χ4n) is 5.24. The molecule has 0 unspecified atom stereocenters. The van der Waals surface area contributed by atoms with Gasteiger partial charge in [-0.25, -0.2) is 4.79 Å². The summed E-state index contributed by atoms with van der Waals surface area (Å²) in [6.07, 6.45) is 6.92. The van der Waals surface area contributed by atoms with E-state index in [4.69, 9.17) is 16.3 Å². The maximum Gasteiger partial charge on any atom is 0.349 e. The number of hydrogen-bond acceptors (Lipinski definition) is 4. The number of amides is 1. The molecular weight excluding hydrogens is 337 g/mol. The van der Waals surface area contributed by atoms with Gasteiger partial charge in [-0.05, 0) is 56.3 Å². The third-order valence-corrected chi connectivity index (χ3v) is 5.84. The Kier molecular flexibility index (Phi) is 3.78. The summed E-state index contributed by atoms with van der Waals surface area (Å²) in [5.74, 6) is 0.298. The molecule has 0 radical (unpaired) electrons. The first-order chi connectivity index (χ1) is 11.4. The molecule has 130 valence electrons. The van der Waals surface area contributed by atoms with Crippen molar-refractivity contribution in [1.29, 1.82) is 0 Å². The van der Waals surface area contributed by atoms with E-state index in [1.54, 1.807) is 0 Å². The number of carbonyl (C=O) groups excluding carboxylic acids is 1. The van der Waals surface area contributed by atoms with E-state index in [-0.39, 0.29) is 18.1 Å². The largest absolute Gasteiger partial charge is 0.465 e. The van der Waals surface area contributed by atoms with Crippen molar-refractivity contribution in [2.24, 2.45) is 17.8 Å². The molecule has 24 heavy (non-hydrogen) atoms. The molecule has 1 aromatic heterocycles. The number of halogens is 2. The minimum Gasteiger partial charge on any atom is -0.465 e. The van der Waals surface area contributed by atoms with Crippen LogP contribution in [0.4, 0.5) is 4.39 Å². The van der Waals surface area contributed by atoms with E-state index in [1.807, 2.05) is 4.98 Å². The fraction of sp³-hybridized carbons (Fsp3) is 0.688. The van der Waals surface area contributed by atoms with E-state index >= 15 is 0 Å². The summed E-state index contributed by atoms with van der Waals surface area (Å²) in [4.78, 5) is 28.9. The predicted molar refractivity (Wildman–Crippen MR) is 84.4 cm³/mol. The van der Waals surface area contributed by atoms with Gasteiger partial charge in [0.1, 0.15) is 0 Å². The van der Waals surface area contributed by atoms with Gasteiger partial charge in [0.25, 0.3) is 11.8 Å². The van der Waals surface area contributed by atoms with Gasteiger partial charge in [-0.15, -0.1) is 0 Å². The molecule has 4 bridgehead atoms. The summed E-state index contributed by atoms with van der Waals surface area (Å²) >= 11 is 5.53. The molecule has 4 saturated carbocycles. The summed E-state index contributed by atoms with van der Waals surface area (Å²) in [5, 5.41) is 2.63. The highest BCUT2D eigenvalue weighted by molar-refractivity contribution is 6.29. The van der Waals surface area contributed by atoms with E-state index in [2.05, 4.69) is 10.3 Å². The Hall–Kier alpha value is -1.63. The first-order valence-corrected chi connectivity index (χ1v) is 8.69. The highest BCUT2D eigenvalue weighted by atomic mass is 35.5. The van der Waals surface area contributed by atoms with Crippen molar-refractivity contribution < 1.29 is 13.9 Å². The Morgan fingerprint density at radius 1 is 1.29 bits per heavy atom. The molecule has 4 fully saturated rings. The molecule has 8 heteroatoms. The second-order valence-corrected chi connectivity index (χ2v) is 7.89. The SMILES string of the molecule is O=C(COc1nc(=O)[nH]c(Cl)c1F)NC12CC3CC(CC(C3)C1)C2. The number of nitrogens with zero attached hydrogens (tertiary/aromatic N) is 1. The lowest BCUT2D eigenvalue weighted by Gasteiger charge is -2.56. The molecular formula is C16H19ClFN3O3. The molecule has 4 aliphatic carbocycles. The number of carbonyl (C=O) groups is 1. The summed E-state index contributed by atoms with van der Waals surface area (Å²) in [6.45, 7) is -0.383.